The summed E-state index contributed by atoms with van der Waals surface area (Å²) in [5.74, 6) is 0. The van der Waals surface area contributed by atoms with Crippen molar-refractivity contribution >= 4 is 17.2 Å². The van der Waals surface area contributed by atoms with Gasteiger partial charge in [-0.3, -0.25) is 4.79 Å². The third-order valence-electron chi connectivity index (χ3n) is 3.31. The zero-order valence-corrected chi connectivity index (χ0v) is 10.7. The van der Waals surface area contributed by atoms with Gasteiger partial charge in [0.15, 0.2) is 6.29 Å². The number of hydrogen-bond donors (Lipinski definition) is 0. The van der Waals surface area contributed by atoms with Crippen LogP contribution < -0.4 is 0 Å². The molecule has 0 saturated carbocycles. The minimum Gasteiger partial charge on any atom is -0.343 e. The third-order valence-corrected chi connectivity index (χ3v) is 3.31. The highest BCUT2D eigenvalue weighted by molar-refractivity contribution is 5.97. The highest BCUT2D eigenvalue weighted by atomic mass is 16.1. The summed E-state index contributed by atoms with van der Waals surface area (Å²) in [7, 11) is 0. The third kappa shape index (κ3) is 1.95. The Labute approximate surface area is 115 Å². The van der Waals surface area contributed by atoms with Crippen LogP contribution >= 0.6 is 0 Å². The highest BCUT2D eigenvalue weighted by Gasteiger charge is 2.08. The van der Waals surface area contributed by atoms with Gasteiger partial charge in [-0.15, -0.1) is 0 Å². The van der Waals surface area contributed by atoms with Crippen molar-refractivity contribution in [2.45, 2.75) is 6.54 Å². The van der Waals surface area contributed by atoms with Crippen molar-refractivity contribution < 1.29 is 4.79 Å². The van der Waals surface area contributed by atoms with E-state index in [4.69, 9.17) is 5.26 Å². The average Bonchev–Trinajstić information content (AvgIpc) is 2.91. The van der Waals surface area contributed by atoms with Crippen molar-refractivity contribution in [3.8, 4) is 6.07 Å². The Bertz CT molecular complexity index is 827. The van der Waals surface area contributed by atoms with Crippen molar-refractivity contribution in [2.75, 3.05) is 0 Å². The van der Waals surface area contributed by atoms with Crippen molar-refractivity contribution in [1.82, 2.24) is 9.55 Å². The Hall–Kier alpha value is -2.93. The van der Waals surface area contributed by atoms with Crippen LogP contribution in [0.25, 0.3) is 10.9 Å². The van der Waals surface area contributed by atoms with Crippen LogP contribution in [0, 0.1) is 11.3 Å². The molecule has 0 aliphatic heterocycles. The van der Waals surface area contributed by atoms with Crippen LogP contribution in [-0.4, -0.2) is 15.8 Å². The molecule has 2 heterocycles. The molecule has 4 heteroatoms. The van der Waals surface area contributed by atoms with Crippen LogP contribution in [-0.2, 0) is 6.54 Å². The van der Waals surface area contributed by atoms with Crippen LogP contribution in [0.3, 0.4) is 0 Å². The van der Waals surface area contributed by atoms with Gasteiger partial charge in [0, 0.05) is 34.4 Å². The van der Waals surface area contributed by atoms with E-state index >= 15 is 0 Å². The molecule has 0 radical (unpaired) electrons. The van der Waals surface area contributed by atoms with Gasteiger partial charge in [-0.1, -0.05) is 18.2 Å². The van der Waals surface area contributed by atoms with E-state index in [0.29, 0.717) is 17.8 Å². The summed E-state index contributed by atoms with van der Waals surface area (Å²) in [6.45, 7) is 0.558. The number of hydrogen-bond acceptors (Lipinski definition) is 3. The standard InChI is InChI=1S/C16H11N3O/c17-9-15-12(4-2-7-18-15)10-19-8-6-14-13(11-20)3-1-5-16(14)19/h1-8,11H,10H2. The number of benzene rings is 1. The molecule has 0 unspecified atom stereocenters. The summed E-state index contributed by atoms with van der Waals surface area (Å²) in [4.78, 5) is 15.1. The summed E-state index contributed by atoms with van der Waals surface area (Å²) < 4.78 is 2.01. The maximum absolute atomic E-state index is 11.0. The Morgan fingerprint density at radius 2 is 2.15 bits per heavy atom. The van der Waals surface area contributed by atoms with Gasteiger partial charge < -0.3 is 4.57 Å². The van der Waals surface area contributed by atoms with Crippen molar-refractivity contribution in [3.05, 3.63) is 65.6 Å². The van der Waals surface area contributed by atoms with Gasteiger partial charge >= 0.3 is 0 Å². The minimum atomic E-state index is 0.431. The molecule has 0 fully saturated rings. The number of fused-ring (bicyclic) bond motifs is 1. The number of nitrogens with zero attached hydrogens (tertiary/aromatic N) is 3. The lowest BCUT2D eigenvalue weighted by molar-refractivity contribution is 0.112. The van der Waals surface area contributed by atoms with E-state index in [1.54, 1.807) is 12.3 Å². The lowest BCUT2D eigenvalue weighted by Gasteiger charge is -2.07. The number of aromatic nitrogens is 2. The van der Waals surface area contributed by atoms with Gasteiger partial charge in [-0.25, -0.2) is 4.98 Å². The second-order valence-electron chi connectivity index (χ2n) is 4.46. The molecule has 0 spiro atoms. The van der Waals surface area contributed by atoms with Gasteiger partial charge in [0.1, 0.15) is 11.8 Å². The zero-order chi connectivity index (χ0) is 13.9. The Morgan fingerprint density at radius 3 is 2.95 bits per heavy atom. The van der Waals surface area contributed by atoms with E-state index < -0.39 is 0 Å². The molecule has 1 aromatic carbocycles. The summed E-state index contributed by atoms with van der Waals surface area (Å²) in [6.07, 6.45) is 4.39. The van der Waals surface area contributed by atoms with Crippen LogP contribution in [0.4, 0.5) is 0 Å². The van der Waals surface area contributed by atoms with E-state index in [-0.39, 0.29) is 0 Å². The van der Waals surface area contributed by atoms with Crippen LogP contribution in [0.1, 0.15) is 21.6 Å². The molecule has 0 aliphatic carbocycles. The fourth-order valence-corrected chi connectivity index (χ4v) is 2.34. The molecule has 4 nitrogen and oxygen atoms in total. The van der Waals surface area contributed by atoms with E-state index in [1.807, 2.05) is 41.1 Å². The van der Waals surface area contributed by atoms with Crippen molar-refractivity contribution in [3.63, 3.8) is 0 Å². The molecule has 3 aromatic rings. The molecule has 0 atom stereocenters. The molecular weight excluding hydrogens is 250 g/mol. The van der Waals surface area contributed by atoms with Crippen LogP contribution in [0.15, 0.2) is 48.8 Å². The second-order valence-corrected chi connectivity index (χ2v) is 4.46. The molecule has 3 rings (SSSR count). The lowest BCUT2D eigenvalue weighted by atomic mass is 10.1. The number of pyridine rings is 1. The zero-order valence-electron chi connectivity index (χ0n) is 10.7. The summed E-state index contributed by atoms with van der Waals surface area (Å²) in [5.41, 5.74) is 2.94. The summed E-state index contributed by atoms with van der Waals surface area (Å²) in [6, 6.07) is 13.3. The number of nitriles is 1. The van der Waals surface area contributed by atoms with Gasteiger partial charge in [0.25, 0.3) is 0 Å². The number of aldehydes is 1. The van der Waals surface area contributed by atoms with Gasteiger partial charge in [0.05, 0.1) is 6.54 Å². The van der Waals surface area contributed by atoms with E-state index in [2.05, 4.69) is 11.1 Å². The van der Waals surface area contributed by atoms with Crippen molar-refractivity contribution in [2.24, 2.45) is 0 Å². The Morgan fingerprint density at radius 1 is 1.25 bits per heavy atom. The fraction of sp³-hybridized carbons (Fsp3) is 0.0625. The molecule has 0 N–H and O–H groups in total. The quantitative estimate of drug-likeness (QED) is 0.681. The molecule has 0 aliphatic rings. The van der Waals surface area contributed by atoms with E-state index in [0.717, 1.165) is 22.8 Å². The normalized spacial score (nSPS) is 10.3. The molecule has 0 bridgehead atoms. The number of carbonyl (C=O) groups is 1. The first-order valence-electron chi connectivity index (χ1n) is 6.20. The molecule has 0 saturated heterocycles. The van der Waals surface area contributed by atoms with Gasteiger partial charge in [0.2, 0.25) is 0 Å². The monoisotopic (exact) mass is 261 g/mol. The second kappa shape index (κ2) is 4.98. The number of rotatable bonds is 3. The van der Waals surface area contributed by atoms with E-state index in [1.165, 1.54) is 0 Å². The van der Waals surface area contributed by atoms with E-state index in [9.17, 15) is 4.79 Å². The average molecular weight is 261 g/mol. The fourth-order valence-electron chi connectivity index (χ4n) is 2.34. The molecule has 96 valence electrons. The smallest absolute Gasteiger partial charge is 0.150 e. The van der Waals surface area contributed by atoms with Crippen molar-refractivity contribution in [1.29, 1.82) is 5.26 Å². The van der Waals surface area contributed by atoms with Gasteiger partial charge in [-0.2, -0.15) is 5.26 Å². The largest absolute Gasteiger partial charge is 0.343 e. The summed E-state index contributed by atoms with van der Waals surface area (Å²) in [5, 5.41) is 10.00. The first-order chi connectivity index (χ1) is 9.83. The summed E-state index contributed by atoms with van der Waals surface area (Å²) >= 11 is 0. The van der Waals surface area contributed by atoms with Gasteiger partial charge in [-0.05, 0) is 18.2 Å². The lowest BCUT2D eigenvalue weighted by Crippen LogP contribution is -2.01. The Balaban J connectivity index is 2.08. The highest BCUT2D eigenvalue weighted by Crippen LogP contribution is 2.20. The first kappa shape index (κ1) is 12.1. The first-order valence-corrected chi connectivity index (χ1v) is 6.20. The maximum atomic E-state index is 11.0. The maximum Gasteiger partial charge on any atom is 0.150 e. The van der Waals surface area contributed by atoms with Crippen LogP contribution in [0.2, 0.25) is 0 Å². The molecular formula is C16H11N3O. The molecule has 0 amide bonds. The van der Waals surface area contributed by atoms with Crippen LogP contribution in [0.5, 0.6) is 0 Å². The topological polar surface area (TPSA) is 58.7 Å². The Kier molecular flexibility index (Phi) is 3.02. The number of carbonyl (C=O) groups excluding carboxylic acids is 1. The molecule has 2 aromatic heterocycles. The molecule has 20 heavy (non-hydrogen) atoms. The minimum absolute atomic E-state index is 0.431. The SMILES string of the molecule is N#Cc1ncccc1Cn1ccc2c(C=O)cccc21. The predicted octanol–water partition coefficient (Wildman–Crippen LogP) is 2.77. The predicted molar refractivity (Wildman–Crippen MR) is 75.4 cm³/mol.